The zero-order chi connectivity index (χ0) is 15.7. The molecular weight excluding hydrogens is 277 g/mol. The Morgan fingerprint density at radius 2 is 2.14 bits per heavy atom. The predicted molar refractivity (Wildman–Crippen MR) is 85.6 cm³/mol. The molecular formula is C18H18FN3. The zero-order valence-corrected chi connectivity index (χ0v) is 12.8. The first-order valence-corrected chi connectivity index (χ1v) is 7.46. The number of halogens is 1. The number of hydrogen-bond donors (Lipinski definition) is 0. The molecule has 22 heavy (non-hydrogen) atoms. The smallest absolute Gasteiger partial charge is 0.119 e. The Morgan fingerprint density at radius 1 is 1.32 bits per heavy atom. The van der Waals surface area contributed by atoms with Gasteiger partial charge >= 0.3 is 0 Å². The first-order chi connectivity index (χ1) is 10.6. The molecule has 3 nitrogen and oxygen atoms in total. The van der Waals surface area contributed by atoms with Crippen LogP contribution in [0.4, 0.5) is 10.1 Å². The Balaban J connectivity index is 2.02. The van der Waals surface area contributed by atoms with Crippen molar-refractivity contribution in [2.24, 2.45) is 0 Å². The van der Waals surface area contributed by atoms with E-state index in [-0.39, 0.29) is 0 Å². The Kier molecular flexibility index (Phi) is 3.81. The Labute approximate surface area is 130 Å². The molecule has 1 atom stereocenters. The van der Waals surface area contributed by atoms with E-state index in [1.807, 2.05) is 43.0 Å². The lowest BCUT2D eigenvalue weighted by molar-refractivity contribution is 0.364. The van der Waals surface area contributed by atoms with Gasteiger partial charge in [0.25, 0.3) is 0 Å². The summed E-state index contributed by atoms with van der Waals surface area (Å²) in [6.07, 6.45) is 1.53. The van der Waals surface area contributed by atoms with Gasteiger partial charge in [0, 0.05) is 25.0 Å². The molecule has 0 N–H and O–H groups in total. The van der Waals surface area contributed by atoms with Crippen LogP contribution in [0, 0.1) is 25.2 Å². The van der Waals surface area contributed by atoms with Crippen molar-refractivity contribution in [1.82, 2.24) is 4.98 Å². The highest BCUT2D eigenvalue weighted by Gasteiger charge is 2.24. The first kappa shape index (κ1) is 14.5. The minimum absolute atomic E-state index is 0.376. The van der Waals surface area contributed by atoms with Crippen molar-refractivity contribution in [1.29, 1.82) is 5.26 Å². The third-order valence-corrected chi connectivity index (χ3v) is 4.36. The maximum atomic E-state index is 13.4. The normalized spacial score (nSPS) is 17.5. The molecule has 2 aromatic rings. The Bertz CT molecular complexity index is 748. The number of aryl methyl sites for hydroxylation is 1. The summed E-state index contributed by atoms with van der Waals surface area (Å²) in [5.74, 6) is 0. The van der Waals surface area contributed by atoms with E-state index in [9.17, 15) is 9.65 Å². The van der Waals surface area contributed by atoms with Gasteiger partial charge in [-0.3, -0.25) is 4.98 Å². The average Bonchev–Trinajstić information content (AvgIpc) is 2.96. The van der Waals surface area contributed by atoms with Crippen LogP contribution in [0.25, 0.3) is 11.1 Å². The number of rotatable bonds is 2. The van der Waals surface area contributed by atoms with Gasteiger partial charge in [-0.1, -0.05) is 6.07 Å². The number of pyridine rings is 1. The molecule has 0 aliphatic carbocycles. The van der Waals surface area contributed by atoms with Crippen molar-refractivity contribution >= 4 is 5.69 Å². The van der Waals surface area contributed by atoms with E-state index in [1.165, 1.54) is 0 Å². The van der Waals surface area contributed by atoms with Crippen molar-refractivity contribution < 1.29 is 4.39 Å². The van der Waals surface area contributed by atoms with Crippen molar-refractivity contribution in [2.45, 2.75) is 26.4 Å². The lowest BCUT2D eigenvalue weighted by atomic mass is 9.98. The van der Waals surface area contributed by atoms with Crippen molar-refractivity contribution in [3.05, 3.63) is 47.3 Å². The summed E-state index contributed by atoms with van der Waals surface area (Å²) >= 11 is 0. The van der Waals surface area contributed by atoms with Crippen LogP contribution in [0.5, 0.6) is 0 Å². The quantitative estimate of drug-likeness (QED) is 0.846. The molecule has 1 aliphatic rings. The van der Waals surface area contributed by atoms with Crippen molar-refractivity contribution in [3.8, 4) is 17.2 Å². The molecule has 1 aromatic carbocycles. The number of aromatic nitrogens is 1. The van der Waals surface area contributed by atoms with E-state index >= 15 is 0 Å². The van der Waals surface area contributed by atoms with Gasteiger partial charge in [-0.15, -0.1) is 0 Å². The molecule has 112 valence electrons. The fraction of sp³-hybridized carbons (Fsp3) is 0.333. The van der Waals surface area contributed by atoms with Gasteiger partial charge in [0.1, 0.15) is 12.2 Å². The standard InChI is InChI=1S/C18H18FN3/c1-12-13(2)21-7-5-17(12)14-3-4-18(15(9-14)10-20)22-8-6-16(19)11-22/h3-5,7,9,16H,6,8,11H2,1-2H3. The average molecular weight is 295 g/mol. The molecule has 0 radical (unpaired) electrons. The number of hydrogen-bond acceptors (Lipinski definition) is 3. The SMILES string of the molecule is Cc1nccc(-c2ccc(N3CCC(F)C3)c(C#N)c2)c1C. The van der Waals surface area contributed by atoms with Crippen LogP contribution in [-0.4, -0.2) is 24.2 Å². The molecule has 0 spiro atoms. The van der Waals surface area contributed by atoms with E-state index in [1.54, 1.807) is 6.20 Å². The van der Waals surface area contributed by atoms with E-state index in [0.717, 1.165) is 28.1 Å². The first-order valence-electron chi connectivity index (χ1n) is 7.46. The summed E-state index contributed by atoms with van der Waals surface area (Å²) in [5, 5.41) is 9.46. The second-order valence-corrected chi connectivity index (χ2v) is 5.74. The topological polar surface area (TPSA) is 39.9 Å². The van der Waals surface area contributed by atoms with Crippen LogP contribution in [-0.2, 0) is 0 Å². The zero-order valence-electron chi connectivity index (χ0n) is 12.8. The summed E-state index contributed by atoms with van der Waals surface area (Å²) in [6, 6.07) is 10.0. The van der Waals surface area contributed by atoms with Gasteiger partial charge in [-0.05, 0) is 55.2 Å². The molecule has 4 heteroatoms. The molecule has 1 saturated heterocycles. The van der Waals surface area contributed by atoms with Crippen LogP contribution < -0.4 is 4.90 Å². The van der Waals surface area contributed by atoms with E-state index in [0.29, 0.717) is 25.1 Å². The molecule has 0 saturated carbocycles. The lowest BCUT2D eigenvalue weighted by Gasteiger charge is -2.20. The van der Waals surface area contributed by atoms with Crippen LogP contribution in [0.1, 0.15) is 23.2 Å². The highest BCUT2D eigenvalue weighted by atomic mass is 19.1. The van der Waals surface area contributed by atoms with Gasteiger partial charge in [0.15, 0.2) is 0 Å². The van der Waals surface area contributed by atoms with Crippen LogP contribution in [0.15, 0.2) is 30.5 Å². The second-order valence-electron chi connectivity index (χ2n) is 5.74. The fourth-order valence-corrected chi connectivity index (χ4v) is 2.96. The van der Waals surface area contributed by atoms with Crippen molar-refractivity contribution in [3.63, 3.8) is 0 Å². The highest BCUT2D eigenvalue weighted by molar-refractivity contribution is 5.73. The van der Waals surface area contributed by atoms with Gasteiger partial charge in [-0.2, -0.15) is 5.26 Å². The molecule has 3 rings (SSSR count). The Hall–Kier alpha value is -2.41. The number of nitrogens with zero attached hydrogens (tertiary/aromatic N) is 3. The monoisotopic (exact) mass is 295 g/mol. The van der Waals surface area contributed by atoms with Crippen LogP contribution in [0.2, 0.25) is 0 Å². The largest absolute Gasteiger partial charge is 0.367 e. The van der Waals surface area contributed by atoms with E-state index in [2.05, 4.69) is 11.1 Å². The van der Waals surface area contributed by atoms with Gasteiger partial charge in [0.05, 0.1) is 11.3 Å². The lowest BCUT2D eigenvalue weighted by Crippen LogP contribution is -2.20. The molecule has 2 heterocycles. The maximum absolute atomic E-state index is 13.4. The van der Waals surface area contributed by atoms with E-state index in [4.69, 9.17) is 0 Å². The predicted octanol–water partition coefficient (Wildman–Crippen LogP) is 3.79. The summed E-state index contributed by atoms with van der Waals surface area (Å²) in [5.41, 5.74) is 5.61. The number of alkyl halides is 1. The summed E-state index contributed by atoms with van der Waals surface area (Å²) in [6.45, 7) is 5.06. The Morgan fingerprint density at radius 3 is 2.82 bits per heavy atom. The third-order valence-electron chi connectivity index (χ3n) is 4.36. The molecule has 1 aliphatic heterocycles. The van der Waals surface area contributed by atoms with Gasteiger partial charge < -0.3 is 4.90 Å². The minimum Gasteiger partial charge on any atom is -0.367 e. The second kappa shape index (κ2) is 5.76. The van der Waals surface area contributed by atoms with E-state index < -0.39 is 6.17 Å². The number of benzene rings is 1. The summed E-state index contributed by atoms with van der Waals surface area (Å²) in [4.78, 5) is 6.24. The summed E-state index contributed by atoms with van der Waals surface area (Å²) < 4.78 is 13.4. The van der Waals surface area contributed by atoms with Gasteiger partial charge in [-0.25, -0.2) is 4.39 Å². The molecule has 1 aromatic heterocycles. The minimum atomic E-state index is -0.795. The maximum Gasteiger partial charge on any atom is 0.119 e. The molecule has 0 bridgehead atoms. The van der Waals surface area contributed by atoms with Crippen LogP contribution >= 0.6 is 0 Å². The molecule has 1 unspecified atom stereocenters. The number of anilines is 1. The van der Waals surface area contributed by atoms with Crippen LogP contribution in [0.3, 0.4) is 0 Å². The van der Waals surface area contributed by atoms with Gasteiger partial charge in [0.2, 0.25) is 0 Å². The fourth-order valence-electron chi connectivity index (χ4n) is 2.96. The number of nitriles is 1. The third kappa shape index (κ3) is 2.55. The molecule has 0 amide bonds. The summed E-state index contributed by atoms with van der Waals surface area (Å²) in [7, 11) is 0. The van der Waals surface area contributed by atoms with Crippen molar-refractivity contribution in [2.75, 3.05) is 18.0 Å². The molecule has 1 fully saturated rings. The highest BCUT2D eigenvalue weighted by Crippen LogP contribution is 2.31.